The number of methoxy groups -OCH3 is 1. The second-order valence-corrected chi connectivity index (χ2v) is 18.2. The number of amides is 2. The molecule has 1 fully saturated rings. The van der Waals surface area contributed by atoms with Crippen molar-refractivity contribution in [3.63, 3.8) is 0 Å². The number of carbonyl (C=O) groups excluding carboxylic acids is 1. The molecule has 3 heterocycles. The summed E-state index contributed by atoms with van der Waals surface area (Å²) < 4.78 is 54.9. The van der Waals surface area contributed by atoms with Gasteiger partial charge in [0.15, 0.2) is 17.4 Å². The average molecular weight is 625 g/mol. The van der Waals surface area contributed by atoms with Crippen LogP contribution in [0.2, 0.25) is 25.7 Å². The summed E-state index contributed by atoms with van der Waals surface area (Å²) in [5.74, 6) is -1.62. The topological polar surface area (TPSA) is 95.9 Å². The minimum atomic E-state index is -1.28. The van der Waals surface area contributed by atoms with E-state index in [-0.39, 0.29) is 23.6 Å². The van der Waals surface area contributed by atoms with Gasteiger partial charge in [-0.05, 0) is 29.8 Å². The van der Waals surface area contributed by atoms with E-state index in [1.807, 2.05) is 42.0 Å². The number of rotatable bonds is 12. The number of benzene rings is 2. The van der Waals surface area contributed by atoms with E-state index in [0.29, 0.717) is 43.1 Å². The highest BCUT2D eigenvalue weighted by Crippen LogP contribution is 2.40. The van der Waals surface area contributed by atoms with E-state index in [1.165, 1.54) is 6.20 Å². The summed E-state index contributed by atoms with van der Waals surface area (Å²) in [5.41, 5.74) is 1.94. The molecule has 1 saturated heterocycles. The molecule has 5 rings (SSSR count). The lowest BCUT2D eigenvalue weighted by Gasteiger charge is -2.37. The zero-order chi connectivity index (χ0) is 31.5. The van der Waals surface area contributed by atoms with Gasteiger partial charge in [0.1, 0.15) is 23.9 Å². The molecule has 0 unspecified atom stereocenters. The van der Waals surface area contributed by atoms with Crippen LogP contribution in [-0.4, -0.2) is 57.1 Å². The van der Waals surface area contributed by atoms with Crippen molar-refractivity contribution < 1.29 is 32.5 Å². The minimum absolute atomic E-state index is 0.0414. The number of fused-ring (bicyclic) bond motifs is 1. The fourth-order valence-corrected chi connectivity index (χ4v) is 5.52. The van der Waals surface area contributed by atoms with Gasteiger partial charge in [0.2, 0.25) is 0 Å². The predicted molar refractivity (Wildman–Crippen MR) is 168 cm³/mol. The number of halogens is 2. The van der Waals surface area contributed by atoms with E-state index in [1.54, 1.807) is 13.2 Å². The number of nitrogens with zero attached hydrogens (tertiary/aromatic N) is 2. The van der Waals surface area contributed by atoms with Crippen molar-refractivity contribution in [2.75, 3.05) is 38.8 Å². The molecule has 1 aliphatic rings. The monoisotopic (exact) mass is 624 g/mol. The van der Waals surface area contributed by atoms with Gasteiger partial charge in [-0.25, -0.2) is 18.6 Å². The van der Waals surface area contributed by atoms with Gasteiger partial charge in [-0.15, -0.1) is 0 Å². The van der Waals surface area contributed by atoms with Crippen LogP contribution in [0.3, 0.4) is 0 Å². The van der Waals surface area contributed by atoms with Gasteiger partial charge in [0.25, 0.3) is 0 Å². The Kier molecular flexibility index (Phi) is 9.23. The van der Waals surface area contributed by atoms with Crippen LogP contribution in [0.5, 0.6) is 17.2 Å². The first kappa shape index (κ1) is 31.4. The number of aromatic nitrogens is 2. The summed E-state index contributed by atoms with van der Waals surface area (Å²) in [6, 6.07) is 11.5. The molecule has 9 nitrogen and oxygen atoms in total. The fourth-order valence-electron chi connectivity index (χ4n) is 4.76. The molecular formula is C32H38F2N4O5Si. The third kappa shape index (κ3) is 7.37. The Labute approximate surface area is 256 Å². The summed E-state index contributed by atoms with van der Waals surface area (Å²) in [4.78, 5) is 16.9. The Morgan fingerprint density at radius 1 is 1.11 bits per heavy atom. The van der Waals surface area contributed by atoms with Crippen molar-refractivity contribution >= 4 is 30.8 Å². The standard InChI is InChI=1S/C32H38F2N4O5Si/c1-32(18-42-19-32)17-36-31(39)37-22-14-25(33)29(26(34)15-22)43-27-10-11-35-30-28(27)24(21-6-8-23(40-2)9-7-21)16-38(30)20-41-12-13-44(3,4)5/h6-11,14-16H,12-13,17-20H2,1-5H3,(H2,36,37,39). The highest BCUT2D eigenvalue weighted by atomic mass is 28.3. The molecule has 1 aliphatic heterocycles. The van der Waals surface area contributed by atoms with Crippen molar-refractivity contribution in [2.24, 2.45) is 5.41 Å². The van der Waals surface area contributed by atoms with Crippen molar-refractivity contribution in [1.29, 1.82) is 0 Å². The van der Waals surface area contributed by atoms with E-state index < -0.39 is 31.5 Å². The van der Waals surface area contributed by atoms with Gasteiger partial charge in [-0.3, -0.25) is 0 Å². The van der Waals surface area contributed by atoms with Crippen LogP contribution < -0.4 is 20.1 Å². The number of pyridine rings is 1. The van der Waals surface area contributed by atoms with Crippen molar-refractivity contribution in [3.8, 4) is 28.4 Å². The largest absolute Gasteiger partial charge is 0.497 e. The average Bonchev–Trinajstić information content (AvgIpc) is 3.34. The van der Waals surface area contributed by atoms with Crippen LogP contribution in [0.4, 0.5) is 19.3 Å². The molecule has 44 heavy (non-hydrogen) atoms. The van der Waals surface area contributed by atoms with Crippen LogP contribution in [-0.2, 0) is 16.2 Å². The molecule has 0 spiro atoms. The number of carbonyl (C=O) groups is 1. The molecule has 0 atom stereocenters. The predicted octanol–water partition coefficient (Wildman–Crippen LogP) is 7.25. The summed E-state index contributed by atoms with van der Waals surface area (Å²) >= 11 is 0. The first-order chi connectivity index (χ1) is 20.9. The Morgan fingerprint density at radius 3 is 2.43 bits per heavy atom. The minimum Gasteiger partial charge on any atom is -0.497 e. The highest BCUT2D eigenvalue weighted by Gasteiger charge is 2.33. The number of ether oxygens (including phenoxy) is 4. The third-order valence-electron chi connectivity index (χ3n) is 7.39. The van der Waals surface area contributed by atoms with Crippen LogP contribution in [0.15, 0.2) is 54.9 Å². The van der Waals surface area contributed by atoms with Crippen molar-refractivity contribution in [3.05, 3.63) is 66.5 Å². The number of nitrogens with one attached hydrogen (secondary N) is 2. The zero-order valence-corrected chi connectivity index (χ0v) is 26.6. The Bertz CT molecular complexity index is 1610. The summed E-state index contributed by atoms with van der Waals surface area (Å²) in [6.45, 7) is 11.2. The lowest BCUT2D eigenvalue weighted by Crippen LogP contribution is -2.49. The molecule has 0 saturated carbocycles. The number of hydrogen-bond acceptors (Lipinski definition) is 6. The number of hydrogen-bond donors (Lipinski definition) is 2. The quantitative estimate of drug-likeness (QED) is 0.127. The van der Waals surface area contributed by atoms with E-state index in [0.717, 1.165) is 29.3 Å². The van der Waals surface area contributed by atoms with Crippen LogP contribution in [0.1, 0.15) is 6.92 Å². The van der Waals surface area contributed by atoms with Crippen LogP contribution in [0, 0.1) is 17.0 Å². The summed E-state index contributed by atoms with van der Waals surface area (Å²) in [7, 11) is 0.316. The Morgan fingerprint density at radius 2 is 1.82 bits per heavy atom. The highest BCUT2D eigenvalue weighted by molar-refractivity contribution is 6.76. The van der Waals surface area contributed by atoms with Crippen LogP contribution >= 0.6 is 0 Å². The van der Waals surface area contributed by atoms with E-state index in [9.17, 15) is 4.79 Å². The molecule has 0 aliphatic carbocycles. The summed E-state index contributed by atoms with van der Waals surface area (Å²) in [6.07, 6.45) is 3.42. The van der Waals surface area contributed by atoms with E-state index >= 15 is 8.78 Å². The second-order valence-electron chi connectivity index (χ2n) is 12.6. The lowest BCUT2D eigenvalue weighted by atomic mass is 9.89. The molecule has 234 valence electrons. The Hall–Kier alpha value is -4.00. The normalized spacial score (nSPS) is 14.2. The van der Waals surface area contributed by atoms with E-state index in [2.05, 4.69) is 35.3 Å². The molecule has 2 aromatic heterocycles. The number of anilines is 1. The van der Waals surface area contributed by atoms with Gasteiger partial charge in [-0.1, -0.05) is 38.7 Å². The molecule has 0 bridgehead atoms. The maximum Gasteiger partial charge on any atom is 0.319 e. The van der Waals surface area contributed by atoms with Gasteiger partial charge < -0.3 is 34.1 Å². The smallest absolute Gasteiger partial charge is 0.319 e. The third-order valence-corrected chi connectivity index (χ3v) is 9.10. The van der Waals surface area contributed by atoms with Gasteiger partial charge in [0.05, 0.1) is 25.7 Å². The number of urea groups is 1. The molecule has 2 amide bonds. The SMILES string of the molecule is COc1ccc(-c2cn(COCC[Si](C)(C)C)c3nccc(Oc4c(F)cc(NC(=O)NCC5(C)COC5)cc4F)c23)cc1. The van der Waals surface area contributed by atoms with Gasteiger partial charge >= 0.3 is 6.03 Å². The van der Waals surface area contributed by atoms with E-state index in [4.69, 9.17) is 18.9 Å². The molecule has 12 heteroatoms. The first-order valence-electron chi connectivity index (χ1n) is 14.4. The fraction of sp³-hybridized carbons (Fsp3) is 0.375. The molecule has 2 N–H and O–H groups in total. The van der Waals surface area contributed by atoms with Crippen molar-refractivity contribution in [2.45, 2.75) is 39.3 Å². The van der Waals surface area contributed by atoms with Gasteiger partial charge in [-0.2, -0.15) is 0 Å². The molecular weight excluding hydrogens is 586 g/mol. The van der Waals surface area contributed by atoms with Crippen LogP contribution in [0.25, 0.3) is 22.2 Å². The maximum atomic E-state index is 15.3. The Balaban J connectivity index is 1.42. The molecule has 2 aromatic carbocycles. The second kappa shape index (κ2) is 12.9. The first-order valence-corrected chi connectivity index (χ1v) is 18.1. The zero-order valence-electron chi connectivity index (χ0n) is 25.6. The summed E-state index contributed by atoms with van der Waals surface area (Å²) in [5, 5.41) is 5.76. The molecule has 4 aromatic rings. The van der Waals surface area contributed by atoms with Gasteiger partial charge in [0, 0.05) is 62.4 Å². The van der Waals surface area contributed by atoms with Crippen molar-refractivity contribution in [1.82, 2.24) is 14.9 Å². The maximum absolute atomic E-state index is 15.3. The lowest BCUT2D eigenvalue weighted by molar-refractivity contribution is -0.0974. The molecule has 0 radical (unpaired) electrons.